The van der Waals surface area contributed by atoms with Crippen LogP contribution in [0.2, 0.25) is 0 Å². The lowest BCUT2D eigenvalue weighted by Crippen LogP contribution is -2.26. The van der Waals surface area contributed by atoms with Gasteiger partial charge in [0.1, 0.15) is 23.2 Å². The maximum atomic E-state index is 12.5. The number of carbonyl (C=O) groups is 1. The van der Waals surface area contributed by atoms with Crippen LogP contribution in [0, 0.1) is 0 Å². The topological polar surface area (TPSA) is 97.7 Å². The number of aromatic nitrogens is 2. The molecule has 3 heterocycles. The summed E-state index contributed by atoms with van der Waals surface area (Å²) in [5.74, 6) is 2.29. The number of carbonyl (C=O) groups excluding carboxylic acids is 1. The van der Waals surface area contributed by atoms with Crippen molar-refractivity contribution in [1.82, 2.24) is 14.9 Å². The predicted octanol–water partition coefficient (Wildman–Crippen LogP) is 1.98. The summed E-state index contributed by atoms with van der Waals surface area (Å²) in [4.78, 5) is 24.6. The fraction of sp³-hybridized carbons (Fsp3) is 0.500. The van der Waals surface area contributed by atoms with E-state index in [9.17, 15) is 4.79 Å². The van der Waals surface area contributed by atoms with E-state index in [4.69, 9.17) is 14.9 Å². The molecule has 2 aromatic rings. The molecule has 1 aliphatic rings. The molecule has 0 fully saturated rings. The van der Waals surface area contributed by atoms with Crippen molar-refractivity contribution < 1.29 is 13.9 Å². The van der Waals surface area contributed by atoms with Crippen molar-refractivity contribution in [2.45, 2.75) is 39.3 Å². The van der Waals surface area contributed by atoms with Gasteiger partial charge in [-0.15, -0.1) is 0 Å². The number of nitrogens with zero attached hydrogens (tertiary/aromatic N) is 4. The van der Waals surface area contributed by atoms with Gasteiger partial charge in [0.05, 0.1) is 26.1 Å². The minimum atomic E-state index is -0.0720. The normalized spacial score (nSPS) is 13.5. The first kappa shape index (κ1) is 18.2. The first-order chi connectivity index (χ1) is 12.5. The van der Waals surface area contributed by atoms with Crippen molar-refractivity contribution in [1.29, 1.82) is 0 Å². The average Bonchev–Trinajstić information content (AvgIpc) is 3.13. The van der Waals surface area contributed by atoms with E-state index in [0.717, 1.165) is 18.6 Å². The number of hydrogen-bond acceptors (Lipinski definition) is 7. The molecular weight excluding hydrogens is 334 g/mol. The monoisotopic (exact) mass is 359 g/mol. The van der Waals surface area contributed by atoms with Gasteiger partial charge < -0.3 is 19.8 Å². The summed E-state index contributed by atoms with van der Waals surface area (Å²) in [6.07, 6.45) is 2.12. The second-order valence-electron chi connectivity index (χ2n) is 6.66. The molecule has 1 aliphatic heterocycles. The van der Waals surface area contributed by atoms with Gasteiger partial charge in [0.2, 0.25) is 5.91 Å². The minimum absolute atomic E-state index is 0.0720. The number of amides is 1. The van der Waals surface area contributed by atoms with Crippen LogP contribution in [0.15, 0.2) is 16.5 Å². The van der Waals surface area contributed by atoms with E-state index in [1.165, 1.54) is 0 Å². The Balaban J connectivity index is 1.79. The molecule has 0 aromatic carbocycles. The maximum absolute atomic E-state index is 12.5. The number of nitrogens with two attached hydrogens (primary N) is 1. The molecule has 0 spiro atoms. The van der Waals surface area contributed by atoms with E-state index < -0.39 is 0 Å². The van der Waals surface area contributed by atoms with Crippen molar-refractivity contribution in [3.05, 3.63) is 29.2 Å². The summed E-state index contributed by atoms with van der Waals surface area (Å²) in [7, 11) is 3.95. The van der Waals surface area contributed by atoms with Gasteiger partial charge in [-0.1, -0.05) is 13.3 Å². The number of ether oxygens (including phenoxy) is 1. The van der Waals surface area contributed by atoms with Gasteiger partial charge in [0.15, 0.2) is 0 Å². The number of hydrogen-bond donors (Lipinski definition) is 1. The summed E-state index contributed by atoms with van der Waals surface area (Å²) in [5.41, 5.74) is 6.67. The molecule has 0 aliphatic carbocycles. The second-order valence-corrected chi connectivity index (χ2v) is 6.66. The number of fused-ring (bicyclic) bond motifs is 1. The summed E-state index contributed by atoms with van der Waals surface area (Å²) in [5, 5.41) is 0. The molecule has 0 saturated heterocycles. The van der Waals surface area contributed by atoms with E-state index in [1.54, 1.807) is 4.90 Å². The molecule has 2 aromatic heterocycles. The van der Waals surface area contributed by atoms with Gasteiger partial charge in [-0.3, -0.25) is 9.69 Å². The molecule has 2 N–H and O–H groups in total. The zero-order valence-electron chi connectivity index (χ0n) is 15.5. The zero-order valence-corrected chi connectivity index (χ0v) is 15.5. The SMILES string of the molecule is CCCCOc1nc(N)c2c(n1)N(Cc1ccc(CN(C)C)o1)C(=O)C2. The van der Waals surface area contributed by atoms with Crippen molar-refractivity contribution in [2.24, 2.45) is 0 Å². The summed E-state index contributed by atoms with van der Waals surface area (Å²) >= 11 is 0. The first-order valence-corrected chi connectivity index (χ1v) is 8.79. The van der Waals surface area contributed by atoms with Crippen molar-refractivity contribution >= 4 is 17.5 Å². The van der Waals surface area contributed by atoms with Gasteiger partial charge in [-0.05, 0) is 32.6 Å². The van der Waals surface area contributed by atoms with Crippen LogP contribution in [0.5, 0.6) is 6.01 Å². The third-order valence-electron chi connectivity index (χ3n) is 4.11. The maximum Gasteiger partial charge on any atom is 0.320 e. The Hall–Kier alpha value is -2.61. The van der Waals surface area contributed by atoms with Gasteiger partial charge in [0, 0.05) is 5.56 Å². The third kappa shape index (κ3) is 3.96. The van der Waals surface area contributed by atoms with E-state index in [1.807, 2.05) is 31.1 Å². The molecule has 0 unspecified atom stereocenters. The Bertz CT molecular complexity index is 787. The lowest BCUT2D eigenvalue weighted by molar-refractivity contribution is -0.117. The fourth-order valence-corrected chi connectivity index (χ4v) is 2.82. The largest absolute Gasteiger partial charge is 0.463 e. The zero-order chi connectivity index (χ0) is 18.7. The molecule has 0 radical (unpaired) electrons. The number of rotatable bonds is 8. The summed E-state index contributed by atoms with van der Waals surface area (Å²) in [6.45, 7) is 3.61. The highest BCUT2D eigenvalue weighted by Crippen LogP contribution is 2.33. The second kappa shape index (κ2) is 7.74. The molecule has 3 rings (SSSR count). The Morgan fingerprint density at radius 1 is 1.31 bits per heavy atom. The predicted molar refractivity (Wildman–Crippen MR) is 97.8 cm³/mol. The van der Waals surface area contributed by atoms with Crippen LogP contribution in [-0.4, -0.2) is 41.5 Å². The molecule has 8 heteroatoms. The molecule has 0 saturated carbocycles. The highest BCUT2D eigenvalue weighted by atomic mass is 16.5. The molecule has 0 bridgehead atoms. The van der Waals surface area contributed by atoms with E-state index >= 15 is 0 Å². The smallest absolute Gasteiger partial charge is 0.320 e. The first-order valence-electron chi connectivity index (χ1n) is 8.79. The van der Waals surface area contributed by atoms with Gasteiger partial charge >= 0.3 is 6.01 Å². The van der Waals surface area contributed by atoms with Gasteiger partial charge in [0.25, 0.3) is 0 Å². The van der Waals surface area contributed by atoms with E-state index in [2.05, 4.69) is 16.9 Å². The number of nitrogen functional groups attached to an aromatic ring is 1. The molecular formula is C18H25N5O3. The van der Waals surface area contributed by atoms with Gasteiger partial charge in [-0.25, -0.2) is 0 Å². The average molecular weight is 359 g/mol. The van der Waals surface area contributed by atoms with Crippen molar-refractivity contribution in [2.75, 3.05) is 31.3 Å². The summed E-state index contributed by atoms with van der Waals surface area (Å²) in [6, 6.07) is 4.01. The third-order valence-corrected chi connectivity index (χ3v) is 4.11. The van der Waals surface area contributed by atoms with Crippen LogP contribution < -0.4 is 15.4 Å². The fourth-order valence-electron chi connectivity index (χ4n) is 2.82. The Kier molecular flexibility index (Phi) is 5.41. The number of furan rings is 1. The van der Waals surface area contributed by atoms with Crippen LogP contribution in [0.3, 0.4) is 0 Å². The highest BCUT2D eigenvalue weighted by Gasteiger charge is 2.33. The Labute approximate surface area is 153 Å². The van der Waals surface area contributed by atoms with Crippen molar-refractivity contribution in [3.8, 4) is 6.01 Å². The van der Waals surface area contributed by atoms with Crippen LogP contribution in [0.1, 0.15) is 36.8 Å². The number of unbranched alkanes of at least 4 members (excludes halogenated alkanes) is 1. The van der Waals surface area contributed by atoms with Crippen LogP contribution >= 0.6 is 0 Å². The lowest BCUT2D eigenvalue weighted by Gasteiger charge is -2.16. The molecule has 1 amide bonds. The van der Waals surface area contributed by atoms with Gasteiger partial charge in [-0.2, -0.15) is 9.97 Å². The van der Waals surface area contributed by atoms with Crippen molar-refractivity contribution in [3.63, 3.8) is 0 Å². The molecule has 8 nitrogen and oxygen atoms in total. The standard InChI is InChI=1S/C18H25N5O3/c1-4-5-8-25-18-20-16(19)14-9-15(24)23(17(14)21-18)11-13-7-6-12(26-13)10-22(2)3/h6-7H,4-5,8-11H2,1-3H3,(H2,19,20,21). The van der Waals surface area contributed by atoms with E-state index in [-0.39, 0.29) is 18.3 Å². The quantitative estimate of drug-likeness (QED) is 0.720. The van der Waals surface area contributed by atoms with Crippen LogP contribution in [0.25, 0.3) is 0 Å². The Morgan fingerprint density at radius 3 is 2.81 bits per heavy atom. The lowest BCUT2D eigenvalue weighted by atomic mass is 10.2. The molecule has 140 valence electrons. The van der Waals surface area contributed by atoms with Crippen LogP contribution in [0.4, 0.5) is 11.6 Å². The molecule has 26 heavy (non-hydrogen) atoms. The van der Waals surface area contributed by atoms with Crippen LogP contribution in [-0.2, 0) is 24.3 Å². The van der Waals surface area contributed by atoms with E-state index in [0.29, 0.717) is 42.7 Å². The minimum Gasteiger partial charge on any atom is -0.463 e. The highest BCUT2D eigenvalue weighted by molar-refractivity contribution is 6.01. The summed E-state index contributed by atoms with van der Waals surface area (Å²) < 4.78 is 11.4. The molecule has 0 atom stereocenters. The number of anilines is 2. The Morgan fingerprint density at radius 2 is 2.08 bits per heavy atom.